The Bertz CT molecular complexity index is 2360. The molecule has 0 atom stereocenters. The van der Waals surface area contributed by atoms with Gasteiger partial charge in [-0.2, -0.15) is 0 Å². The van der Waals surface area contributed by atoms with Crippen molar-refractivity contribution in [2.45, 2.75) is 19.3 Å². The van der Waals surface area contributed by atoms with Gasteiger partial charge in [-0.05, 0) is 57.8 Å². The molecule has 7 aromatic carbocycles. The summed E-state index contributed by atoms with van der Waals surface area (Å²) in [6.45, 7) is 4.80. The fourth-order valence-electron chi connectivity index (χ4n) is 7.72. The van der Waals surface area contributed by atoms with E-state index >= 15 is 0 Å². The van der Waals surface area contributed by atoms with Crippen LogP contribution in [0.2, 0.25) is 0 Å². The van der Waals surface area contributed by atoms with Crippen molar-refractivity contribution in [2.24, 2.45) is 0 Å². The molecule has 1 heterocycles. The molecular weight excluding hydrogens is 563 g/mol. The number of fused-ring (bicyclic) bond motifs is 8. The number of anilines is 3. The number of hydrogen-bond donors (Lipinski definition) is 0. The number of para-hydroxylation sites is 2. The summed E-state index contributed by atoms with van der Waals surface area (Å²) >= 11 is 1.90. The van der Waals surface area contributed by atoms with Crippen molar-refractivity contribution in [3.63, 3.8) is 0 Å². The third kappa shape index (κ3) is 3.79. The predicted octanol–water partition coefficient (Wildman–Crippen LogP) is 12.7. The molecule has 1 aliphatic carbocycles. The van der Waals surface area contributed by atoms with Gasteiger partial charge in [0.25, 0.3) is 0 Å². The van der Waals surface area contributed by atoms with E-state index in [-0.39, 0.29) is 5.41 Å². The molecule has 0 saturated heterocycles. The summed E-state index contributed by atoms with van der Waals surface area (Å²) in [6, 6.07) is 55.6. The first-order valence-electron chi connectivity index (χ1n) is 15.6. The van der Waals surface area contributed by atoms with Crippen LogP contribution >= 0.6 is 11.3 Å². The minimum Gasteiger partial charge on any atom is -0.309 e. The van der Waals surface area contributed by atoms with Gasteiger partial charge in [0.15, 0.2) is 0 Å². The Kier molecular flexibility index (Phi) is 5.78. The highest BCUT2D eigenvalue weighted by Gasteiger charge is 2.41. The van der Waals surface area contributed by atoms with Crippen molar-refractivity contribution < 1.29 is 0 Å². The number of benzene rings is 7. The highest BCUT2D eigenvalue weighted by atomic mass is 32.1. The molecule has 1 aliphatic rings. The lowest BCUT2D eigenvalue weighted by Gasteiger charge is -2.33. The molecule has 0 spiro atoms. The van der Waals surface area contributed by atoms with E-state index in [1.165, 1.54) is 70.0 Å². The molecule has 0 aliphatic heterocycles. The van der Waals surface area contributed by atoms with Crippen LogP contribution < -0.4 is 4.90 Å². The summed E-state index contributed by atoms with van der Waals surface area (Å²) in [7, 11) is 0. The van der Waals surface area contributed by atoms with Gasteiger partial charge in [0.2, 0.25) is 0 Å². The van der Waals surface area contributed by atoms with Crippen molar-refractivity contribution in [3.8, 4) is 22.3 Å². The Hall–Kier alpha value is -5.18. The first-order valence-corrected chi connectivity index (χ1v) is 16.4. The predicted molar refractivity (Wildman–Crippen MR) is 195 cm³/mol. The molecule has 214 valence electrons. The van der Waals surface area contributed by atoms with E-state index in [1.807, 2.05) is 11.3 Å². The number of hydrogen-bond acceptors (Lipinski definition) is 2. The van der Waals surface area contributed by atoms with Crippen LogP contribution in [0.3, 0.4) is 0 Å². The van der Waals surface area contributed by atoms with Crippen molar-refractivity contribution in [2.75, 3.05) is 4.90 Å². The Labute approximate surface area is 267 Å². The van der Waals surface area contributed by atoms with Gasteiger partial charge in [-0.3, -0.25) is 0 Å². The largest absolute Gasteiger partial charge is 0.309 e. The molecule has 2 heteroatoms. The summed E-state index contributed by atoms with van der Waals surface area (Å²) in [5, 5.41) is 5.25. The number of nitrogens with zero attached hydrogens (tertiary/aromatic N) is 1. The van der Waals surface area contributed by atoms with Gasteiger partial charge < -0.3 is 4.90 Å². The number of rotatable bonds is 4. The lowest BCUT2D eigenvalue weighted by Crippen LogP contribution is -2.17. The van der Waals surface area contributed by atoms with E-state index in [1.54, 1.807) is 0 Å². The molecule has 0 unspecified atom stereocenters. The molecule has 0 fully saturated rings. The van der Waals surface area contributed by atoms with E-state index in [0.717, 1.165) is 11.4 Å². The summed E-state index contributed by atoms with van der Waals surface area (Å²) in [5.41, 5.74) is 11.4. The Morgan fingerprint density at radius 3 is 1.76 bits per heavy atom. The van der Waals surface area contributed by atoms with Gasteiger partial charge in [-0.15, -0.1) is 11.3 Å². The summed E-state index contributed by atoms with van der Waals surface area (Å²) in [4.78, 5) is 2.50. The van der Waals surface area contributed by atoms with Crippen molar-refractivity contribution in [3.05, 3.63) is 163 Å². The van der Waals surface area contributed by atoms with Crippen LogP contribution in [-0.4, -0.2) is 0 Å². The van der Waals surface area contributed by atoms with Crippen LogP contribution in [0.5, 0.6) is 0 Å². The molecule has 0 radical (unpaired) electrons. The maximum atomic E-state index is 2.50. The fraction of sp³-hybridized carbons (Fsp3) is 0.0698. The molecule has 0 N–H and O–H groups in total. The molecule has 0 bridgehead atoms. The zero-order valence-corrected chi connectivity index (χ0v) is 26.1. The lowest BCUT2D eigenvalue weighted by molar-refractivity contribution is 0.666. The second kappa shape index (κ2) is 9.92. The van der Waals surface area contributed by atoms with Crippen LogP contribution in [0.25, 0.3) is 53.2 Å². The SMILES string of the molecule is CC1(C)c2ccccc2-c2c(N(c3ccccc3)c3ccccc3)c(-c3cccc4c3sc3ccccc34)c3ccccc3c21. The van der Waals surface area contributed by atoms with Gasteiger partial charge in [0.05, 0.1) is 5.69 Å². The maximum Gasteiger partial charge on any atom is 0.0628 e. The average molecular weight is 594 g/mol. The van der Waals surface area contributed by atoms with E-state index < -0.39 is 0 Å². The van der Waals surface area contributed by atoms with Gasteiger partial charge in [-0.25, -0.2) is 0 Å². The van der Waals surface area contributed by atoms with Gasteiger partial charge in [-0.1, -0.05) is 135 Å². The van der Waals surface area contributed by atoms with Crippen molar-refractivity contribution >= 4 is 59.3 Å². The lowest BCUT2D eigenvalue weighted by atomic mass is 9.78. The first kappa shape index (κ1) is 26.2. The van der Waals surface area contributed by atoms with Gasteiger partial charge >= 0.3 is 0 Å². The Morgan fingerprint density at radius 2 is 1.02 bits per heavy atom. The maximum absolute atomic E-state index is 2.50. The molecule has 45 heavy (non-hydrogen) atoms. The second-order valence-corrected chi connectivity index (χ2v) is 13.5. The van der Waals surface area contributed by atoms with Crippen LogP contribution in [0, 0.1) is 0 Å². The van der Waals surface area contributed by atoms with E-state index in [4.69, 9.17) is 0 Å². The van der Waals surface area contributed by atoms with Crippen LogP contribution in [-0.2, 0) is 5.41 Å². The quantitative estimate of drug-likeness (QED) is 0.196. The highest BCUT2D eigenvalue weighted by Crippen LogP contribution is 2.60. The second-order valence-electron chi connectivity index (χ2n) is 12.5. The van der Waals surface area contributed by atoms with Gasteiger partial charge in [0.1, 0.15) is 0 Å². The molecule has 1 aromatic heterocycles. The zero-order valence-electron chi connectivity index (χ0n) is 25.3. The van der Waals surface area contributed by atoms with E-state index in [0.29, 0.717) is 0 Å². The first-order chi connectivity index (χ1) is 22.1. The minimum atomic E-state index is -0.165. The molecule has 9 rings (SSSR count). The monoisotopic (exact) mass is 593 g/mol. The molecular formula is C43H31NS. The summed E-state index contributed by atoms with van der Waals surface area (Å²) in [6.07, 6.45) is 0. The number of thiophene rings is 1. The molecule has 0 amide bonds. The minimum absolute atomic E-state index is 0.165. The van der Waals surface area contributed by atoms with Crippen LogP contribution in [0.1, 0.15) is 25.0 Å². The Balaban J connectivity index is 1.54. The third-order valence-corrected chi connectivity index (χ3v) is 10.8. The van der Waals surface area contributed by atoms with E-state index in [2.05, 4.69) is 170 Å². The van der Waals surface area contributed by atoms with Gasteiger partial charge in [0, 0.05) is 53.7 Å². The average Bonchev–Trinajstić information content (AvgIpc) is 3.59. The topological polar surface area (TPSA) is 3.24 Å². The van der Waals surface area contributed by atoms with E-state index in [9.17, 15) is 0 Å². The smallest absolute Gasteiger partial charge is 0.0628 e. The van der Waals surface area contributed by atoms with Crippen molar-refractivity contribution in [1.29, 1.82) is 0 Å². The normalized spacial score (nSPS) is 13.3. The van der Waals surface area contributed by atoms with Crippen molar-refractivity contribution in [1.82, 2.24) is 0 Å². The fourth-order valence-corrected chi connectivity index (χ4v) is 8.94. The standard InChI is InChI=1S/C43H31NS/c1-43(2)36-26-13-11-23-34(36)39-40(43)32-22-10-9-21-31(32)38(35-25-15-24-33-30-20-12-14-27-37(30)45-42(33)35)41(39)44(28-16-5-3-6-17-28)29-18-7-4-8-19-29/h3-27H,1-2H3. The summed E-state index contributed by atoms with van der Waals surface area (Å²) in [5.74, 6) is 0. The summed E-state index contributed by atoms with van der Waals surface area (Å²) < 4.78 is 2.65. The third-order valence-electron chi connectivity index (χ3n) is 9.61. The molecule has 1 nitrogen and oxygen atoms in total. The molecule has 8 aromatic rings. The van der Waals surface area contributed by atoms with Crippen LogP contribution in [0.4, 0.5) is 17.1 Å². The molecule has 0 saturated carbocycles. The van der Waals surface area contributed by atoms with Crippen LogP contribution in [0.15, 0.2) is 152 Å². The Morgan fingerprint density at radius 1 is 0.467 bits per heavy atom. The highest BCUT2D eigenvalue weighted by molar-refractivity contribution is 7.26. The zero-order chi connectivity index (χ0) is 30.1.